The lowest BCUT2D eigenvalue weighted by molar-refractivity contribution is -0.139. The maximum atomic E-state index is 11.0. The van der Waals surface area contributed by atoms with Gasteiger partial charge in [0.05, 0.1) is 13.2 Å². The van der Waals surface area contributed by atoms with Crippen molar-refractivity contribution in [3.05, 3.63) is 41.7 Å². The molecule has 0 aromatic heterocycles. The number of ether oxygens (including phenoxy) is 3. The molecule has 0 aliphatic heterocycles. The first kappa shape index (κ1) is 14.2. The lowest BCUT2D eigenvalue weighted by atomic mass is 10.2. The standard InChI is InChI=1S/C13H16O5/c1-16-7-8-17-10-18-12(13(14)15)9-11-5-3-2-4-6-11/h2-6,9H,7-8,10H2,1H3,(H,14,15). The molecule has 5 heteroatoms. The van der Waals surface area contributed by atoms with Gasteiger partial charge in [0, 0.05) is 7.11 Å². The van der Waals surface area contributed by atoms with E-state index in [2.05, 4.69) is 0 Å². The Morgan fingerprint density at radius 1 is 1.28 bits per heavy atom. The van der Waals surface area contributed by atoms with Crippen LogP contribution in [0.4, 0.5) is 0 Å². The first-order chi connectivity index (χ1) is 8.74. The van der Waals surface area contributed by atoms with Gasteiger partial charge in [-0.3, -0.25) is 0 Å². The highest BCUT2D eigenvalue weighted by Gasteiger charge is 2.08. The molecule has 0 saturated carbocycles. The van der Waals surface area contributed by atoms with Gasteiger partial charge in [-0.05, 0) is 11.6 Å². The van der Waals surface area contributed by atoms with Crippen LogP contribution < -0.4 is 0 Å². The summed E-state index contributed by atoms with van der Waals surface area (Å²) in [6.45, 7) is 0.678. The molecular weight excluding hydrogens is 236 g/mol. The van der Waals surface area contributed by atoms with Gasteiger partial charge in [-0.25, -0.2) is 4.79 Å². The molecule has 1 aromatic rings. The van der Waals surface area contributed by atoms with E-state index in [0.29, 0.717) is 13.2 Å². The van der Waals surface area contributed by atoms with Crippen molar-refractivity contribution in [3.63, 3.8) is 0 Å². The van der Waals surface area contributed by atoms with Crippen molar-refractivity contribution in [3.8, 4) is 0 Å². The average Bonchev–Trinajstić information content (AvgIpc) is 2.38. The molecular formula is C13H16O5. The molecule has 98 valence electrons. The third-order valence-corrected chi connectivity index (χ3v) is 2.04. The minimum absolute atomic E-state index is 0.117. The van der Waals surface area contributed by atoms with Gasteiger partial charge in [0.2, 0.25) is 5.76 Å². The van der Waals surface area contributed by atoms with Crippen molar-refractivity contribution < 1.29 is 24.1 Å². The fraction of sp³-hybridized carbons (Fsp3) is 0.308. The normalized spacial score (nSPS) is 11.3. The van der Waals surface area contributed by atoms with Gasteiger partial charge in [-0.2, -0.15) is 0 Å². The highest BCUT2D eigenvalue weighted by atomic mass is 16.7. The zero-order valence-corrected chi connectivity index (χ0v) is 10.2. The summed E-state index contributed by atoms with van der Waals surface area (Å²) in [4.78, 5) is 11.0. The predicted molar refractivity (Wildman–Crippen MR) is 65.8 cm³/mol. The lowest BCUT2D eigenvalue weighted by Gasteiger charge is -2.07. The minimum atomic E-state index is -1.13. The Morgan fingerprint density at radius 2 is 2.00 bits per heavy atom. The van der Waals surface area contributed by atoms with Crippen LogP contribution in [-0.4, -0.2) is 38.2 Å². The molecule has 0 fully saturated rings. The second-order valence-corrected chi connectivity index (χ2v) is 3.39. The molecule has 0 amide bonds. The van der Waals surface area contributed by atoms with E-state index >= 15 is 0 Å². The van der Waals surface area contributed by atoms with Gasteiger partial charge in [-0.1, -0.05) is 30.3 Å². The minimum Gasteiger partial charge on any atom is -0.475 e. The molecule has 1 N–H and O–H groups in total. The number of hydrogen-bond donors (Lipinski definition) is 1. The molecule has 0 unspecified atom stereocenters. The van der Waals surface area contributed by atoms with Gasteiger partial charge in [0.25, 0.3) is 0 Å². The van der Waals surface area contributed by atoms with Gasteiger partial charge in [0.15, 0.2) is 6.79 Å². The fourth-order valence-electron chi connectivity index (χ4n) is 1.17. The van der Waals surface area contributed by atoms with Crippen molar-refractivity contribution in [2.24, 2.45) is 0 Å². The van der Waals surface area contributed by atoms with E-state index in [1.165, 1.54) is 6.08 Å². The van der Waals surface area contributed by atoms with Crippen molar-refractivity contribution in [1.29, 1.82) is 0 Å². The van der Waals surface area contributed by atoms with Crippen molar-refractivity contribution in [2.45, 2.75) is 0 Å². The quantitative estimate of drug-likeness (QED) is 0.330. The number of benzene rings is 1. The van der Waals surface area contributed by atoms with Crippen LogP contribution in [0.5, 0.6) is 0 Å². The molecule has 0 aliphatic rings. The van der Waals surface area contributed by atoms with Crippen LogP contribution in [0, 0.1) is 0 Å². The number of aliphatic carboxylic acids is 1. The topological polar surface area (TPSA) is 65.0 Å². The Kier molecular flexibility index (Phi) is 6.53. The summed E-state index contributed by atoms with van der Waals surface area (Å²) in [5.74, 6) is -1.28. The summed E-state index contributed by atoms with van der Waals surface area (Å²) in [5, 5.41) is 8.96. The molecule has 0 bridgehead atoms. The van der Waals surface area contributed by atoms with Gasteiger partial charge < -0.3 is 19.3 Å². The van der Waals surface area contributed by atoms with E-state index in [1.807, 2.05) is 18.2 Å². The molecule has 1 aromatic carbocycles. The van der Waals surface area contributed by atoms with Gasteiger partial charge >= 0.3 is 5.97 Å². The third-order valence-electron chi connectivity index (χ3n) is 2.04. The highest BCUT2D eigenvalue weighted by molar-refractivity contribution is 5.89. The number of carbonyl (C=O) groups is 1. The third kappa shape index (κ3) is 5.47. The largest absolute Gasteiger partial charge is 0.475 e. The SMILES string of the molecule is COCCOCOC(=Cc1ccccc1)C(=O)O. The van der Waals surface area contributed by atoms with Crippen LogP contribution in [0.3, 0.4) is 0 Å². The number of rotatable bonds is 8. The molecule has 0 spiro atoms. The van der Waals surface area contributed by atoms with Gasteiger partial charge in [0.1, 0.15) is 0 Å². The summed E-state index contributed by atoms with van der Waals surface area (Å²) in [6, 6.07) is 9.07. The van der Waals surface area contributed by atoms with E-state index in [9.17, 15) is 4.79 Å². The summed E-state index contributed by atoms with van der Waals surface area (Å²) in [5.41, 5.74) is 0.756. The van der Waals surface area contributed by atoms with E-state index in [0.717, 1.165) is 5.56 Å². The zero-order valence-electron chi connectivity index (χ0n) is 10.2. The van der Waals surface area contributed by atoms with Crippen molar-refractivity contribution >= 4 is 12.0 Å². The molecule has 0 heterocycles. The van der Waals surface area contributed by atoms with E-state index < -0.39 is 5.97 Å². The Bertz CT molecular complexity index is 386. The average molecular weight is 252 g/mol. The first-order valence-corrected chi connectivity index (χ1v) is 5.43. The number of methoxy groups -OCH3 is 1. The van der Waals surface area contributed by atoms with Crippen molar-refractivity contribution in [2.75, 3.05) is 27.1 Å². The number of carboxylic acids is 1. The summed E-state index contributed by atoms with van der Waals surface area (Å²) >= 11 is 0. The van der Waals surface area contributed by atoms with Gasteiger partial charge in [-0.15, -0.1) is 0 Å². The maximum Gasteiger partial charge on any atom is 0.371 e. The van der Waals surface area contributed by atoms with E-state index in [-0.39, 0.29) is 12.6 Å². The Morgan fingerprint density at radius 3 is 2.61 bits per heavy atom. The van der Waals surface area contributed by atoms with E-state index in [4.69, 9.17) is 19.3 Å². The molecule has 1 rings (SSSR count). The first-order valence-electron chi connectivity index (χ1n) is 5.43. The Hall–Kier alpha value is -1.85. The van der Waals surface area contributed by atoms with Crippen LogP contribution in [0.1, 0.15) is 5.56 Å². The number of hydrogen-bond acceptors (Lipinski definition) is 4. The van der Waals surface area contributed by atoms with Crippen LogP contribution in [0.15, 0.2) is 36.1 Å². The molecule has 0 aliphatic carbocycles. The van der Waals surface area contributed by atoms with Crippen LogP contribution >= 0.6 is 0 Å². The molecule has 18 heavy (non-hydrogen) atoms. The molecule has 0 saturated heterocycles. The summed E-state index contributed by atoms with van der Waals surface area (Å²) in [7, 11) is 1.56. The second-order valence-electron chi connectivity index (χ2n) is 3.39. The van der Waals surface area contributed by atoms with E-state index in [1.54, 1.807) is 19.2 Å². The Labute approximate surface area is 106 Å². The van der Waals surface area contributed by atoms with Crippen LogP contribution in [-0.2, 0) is 19.0 Å². The highest BCUT2D eigenvalue weighted by Crippen LogP contribution is 2.08. The zero-order chi connectivity index (χ0) is 13.2. The second kappa shape index (κ2) is 8.27. The smallest absolute Gasteiger partial charge is 0.371 e. The number of carboxylic acid groups (broad SMARTS) is 1. The van der Waals surface area contributed by atoms with Crippen LogP contribution in [0.25, 0.3) is 6.08 Å². The molecule has 5 nitrogen and oxygen atoms in total. The van der Waals surface area contributed by atoms with Crippen molar-refractivity contribution in [1.82, 2.24) is 0 Å². The summed E-state index contributed by atoms with van der Waals surface area (Å²) in [6.07, 6.45) is 1.45. The molecule has 0 atom stereocenters. The summed E-state index contributed by atoms with van der Waals surface area (Å²) < 4.78 is 14.9. The Balaban J connectivity index is 2.50. The predicted octanol–water partition coefficient (Wildman–Crippen LogP) is 1.75. The lowest BCUT2D eigenvalue weighted by Crippen LogP contribution is -2.10. The molecule has 0 radical (unpaired) electrons. The maximum absolute atomic E-state index is 11.0. The monoisotopic (exact) mass is 252 g/mol. The fourth-order valence-corrected chi connectivity index (χ4v) is 1.17. The van der Waals surface area contributed by atoms with Crippen LogP contribution in [0.2, 0.25) is 0 Å².